The molecule has 140 valence electrons. The number of carbonyl (C=O) groups excluding carboxylic acids is 1. The lowest BCUT2D eigenvalue weighted by molar-refractivity contribution is -0.122. The third kappa shape index (κ3) is 13.6. The van der Waals surface area contributed by atoms with E-state index in [-0.39, 0.29) is 5.91 Å². The van der Waals surface area contributed by atoms with E-state index in [2.05, 4.69) is 60.7 Å². The highest BCUT2D eigenvalue weighted by molar-refractivity contribution is 5.76. The van der Waals surface area contributed by atoms with Crippen molar-refractivity contribution in [2.45, 2.75) is 100.0 Å². The van der Waals surface area contributed by atoms with Crippen molar-refractivity contribution >= 4 is 5.91 Å². The minimum Gasteiger partial charge on any atom is -0.396 e. The molecule has 2 unspecified atom stereocenters. The number of amides is 1. The zero-order valence-electron chi connectivity index (χ0n) is 17.0. The average Bonchev–Trinajstić information content (AvgIpc) is 2.45. The van der Waals surface area contributed by atoms with Gasteiger partial charge in [-0.05, 0) is 36.5 Å². The molecular formula is C20H43NO2. The van der Waals surface area contributed by atoms with Crippen LogP contribution in [-0.4, -0.2) is 23.7 Å². The number of rotatable bonds is 10. The summed E-state index contributed by atoms with van der Waals surface area (Å²) >= 11 is 0. The summed E-state index contributed by atoms with van der Waals surface area (Å²) in [5.74, 6) is 1.37. The summed E-state index contributed by atoms with van der Waals surface area (Å²) in [5, 5.41) is 11.8. The van der Waals surface area contributed by atoms with Crippen molar-refractivity contribution in [3.63, 3.8) is 0 Å². The minimum absolute atomic E-state index is 0.204. The second-order valence-corrected chi connectivity index (χ2v) is 7.83. The Morgan fingerprint density at radius 3 is 2.00 bits per heavy atom. The highest BCUT2D eigenvalue weighted by Gasteiger charge is 2.23. The number of hydrogen-bond donors (Lipinski definition) is 2. The molecule has 0 rings (SSSR count). The Hall–Kier alpha value is -0.570. The summed E-state index contributed by atoms with van der Waals surface area (Å²) in [7, 11) is 0. The van der Waals surface area contributed by atoms with E-state index in [0.29, 0.717) is 36.3 Å². The first kappa shape index (κ1) is 24.7. The van der Waals surface area contributed by atoms with Gasteiger partial charge in [-0.3, -0.25) is 4.79 Å². The molecule has 0 aliphatic rings. The number of aliphatic hydroxyl groups excluding tert-OH is 1. The molecule has 0 spiro atoms. The largest absolute Gasteiger partial charge is 0.396 e. The number of hydrogen-bond acceptors (Lipinski definition) is 2. The van der Waals surface area contributed by atoms with Crippen LogP contribution in [0, 0.1) is 17.3 Å². The first-order valence-corrected chi connectivity index (χ1v) is 9.54. The van der Waals surface area contributed by atoms with E-state index in [9.17, 15) is 4.79 Å². The monoisotopic (exact) mass is 329 g/mol. The van der Waals surface area contributed by atoms with E-state index in [1.54, 1.807) is 0 Å². The van der Waals surface area contributed by atoms with Gasteiger partial charge in [-0.15, -0.1) is 0 Å². The standard InChI is InChI=1S/C11H23NO.C9H20O/c1-5-7-10(6-2)12-11(13)8-9(3)4;1-5-8(2)9(3,4)6-7-10/h9-10H,5-8H2,1-4H3,(H,12,13);8,10H,5-7H2,1-4H3. The summed E-state index contributed by atoms with van der Waals surface area (Å²) in [4.78, 5) is 11.4. The quantitative estimate of drug-likeness (QED) is 0.581. The van der Waals surface area contributed by atoms with Gasteiger partial charge in [0.25, 0.3) is 0 Å². The molecule has 0 aromatic rings. The van der Waals surface area contributed by atoms with Gasteiger partial charge in [0.1, 0.15) is 0 Å². The van der Waals surface area contributed by atoms with Crippen molar-refractivity contribution in [2.24, 2.45) is 17.3 Å². The molecule has 0 saturated heterocycles. The zero-order valence-corrected chi connectivity index (χ0v) is 17.0. The molecule has 0 radical (unpaired) electrons. The first-order chi connectivity index (χ1) is 10.6. The molecule has 0 heterocycles. The van der Waals surface area contributed by atoms with E-state index in [1.807, 2.05) is 0 Å². The maximum atomic E-state index is 11.4. The maximum Gasteiger partial charge on any atom is 0.220 e. The lowest BCUT2D eigenvalue weighted by Crippen LogP contribution is -2.34. The van der Waals surface area contributed by atoms with E-state index in [1.165, 1.54) is 6.42 Å². The predicted octanol–water partition coefficient (Wildman–Crippen LogP) is 5.17. The topological polar surface area (TPSA) is 49.3 Å². The molecule has 1 amide bonds. The van der Waals surface area contributed by atoms with Crippen LogP contribution in [0.3, 0.4) is 0 Å². The average molecular weight is 330 g/mol. The smallest absolute Gasteiger partial charge is 0.220 e. The van der Waals surface area contributed by atoms with Crippen LogP contribution in [0.1, 0.15) is 93.9 Å². The number of nitrogens with one attached hydrogen (secondary N) is 1. The number of aliphatic hydroxyl groups is 1. The van der Waals surface area contributed by atoms with Gasteiger partial charge in [0.15, 0.2) is 0 Å². The summed E-state index contributed by atoms with van der Waals surface area (Å²) in [6.07, 6.45) is 6.05. The van der Waals surface area contributed by atoms with Gasteiger partial charge in [-0.2, -0.15) is 0 Å². The zero-order chi connectivity index (χ0) is 18.5. The third-order valence-electron chi connectivity index (χ3n) is 4.79. The Morgan fingerprint density at radius 2 is 1.65 bits per heavy atom. The maximum absolute atomic E-state index is 11.4. The molecule has 0 aliphatic carbocycles. The lowest BCUT2D eigenvalue weighted by atomic mass is 9.76. The van der Waals surface area contributed by atoms with Gasteiger partial charge in [0.05, 0.1) is 0 Å². The summed E-state index contributed by atoms with van der Waals surface area (Å²) in [6.45, 7) is 17.6. The minimum atomic E-state index is 0.204. The van der Waals surface area contributed by atoms with Crippen molar-refractivity contribution in [3.05, 3.63) is 0 Å². The van der Waals surface area contributed by atoms with Gasteiger partial charge in [-0.25, -0.2) is 0 Å². The molecular weight excluding hydrogens is 286 g/mol. The van der Waals surface area contributed by atoms with E-state index >= 15 is 0 Å². The normalized spacial score (nSPS) is 14.0. The van der Waals surface area contributed by atoms with Gasteiger partial charge in [-0.1, -0.05) is 68.2 Å². The van der Waals surface area contributed by atoms with Crippen molar-refractivity contribution in [1.82, 2.24) is 5.32 Å². The molecule has 23 heavy (non-hydrogen) atoms. The Bertz CT molecular complexity index is 287. The van der Waals surface area contributed by atoms with Crippen LogP contribution in [0.5, 0.6) is 0 Å². The third-order valence-corrected chi connectivity index (χ3v) is 4.79. The summed E-state index contributed by atoms with van der Waals surface area (Å²) in [5.41, 5.74) is 0.309. The van der Waals surface area contributed by atoms with Crippen LogP contribution in [0.25, 0.3) is 0 Å². The molecule has 0 fully saturated rings. The van der Waals surface area contributed by atoms with Crippen LogP contribution in [0.4, 0.5) is 0 Å². The Kier molecular flexibility index (Phi) is 14.8. The van der Waals surface area contributed by atoms with Gasteiger partial charge < -0.3 is 10.4 Å². The molecule has 0 saturated carbocycles. The van der Waals surface area contributed by atoms with Gasteiger partial charge in [0, 0.05) is 19.1 Å². The van der Waals surface area contributed by atoms with Gasteiger partial charge in [0.2, 0.25) is 5.91 Å². The van der Waals surface area contributed by atoms with E-state index in [0.717, 1.165) is 25.7 Å². The summed E-state index contributed by atoms with van der Waals surface area (Å²) in [6, 6.07) is 0.385. The molecule has 2 atom stereocenters. The van der Waals surface area contributed by atoms with Crippen LogP contribution < -0.4 is 5.32 Å². The fourth-order valence-electron chi connectivity index (χ4n) is 2.47. The highest BCUT2D eigenvalue weighted by Crippen LogP contribution is 2.31. The summed E-state index contributed by atoms with van der Waals surface area (Å²) < 4.78 is 0. The second kappa shape index (κ2) is 13.8. The molecule has 0 aliphatic heterocycles. The number of carbonyl (C=O) groups is 1. The predicted molar refractivity (Wildman–Crippen MR) is 102 cm³/mol. The van der Waals surface area contributed by atoms with Crippen LogP contribution >= 0.6 is 0 Å². The molecule has 0 bridgehead atoms. The molecule has 0 aromatic heterocycles. The van der Waals surface area contributed by atoms with E-state index in [4.69, 9.17) is 5.11 Å². The van der Waals surface area contributed by atoms with Gasteiger partial charge >= 0.3 is 0 Å². The Morgan fingerprint density at radius 1 is 1.09 bits per heavy atom. The van der Waals surface area contributed by atoms with Crippen molar-refractivity contribution in [3.8, 4) is 0 Å². The van der Waals surface area contributed by atoms with Crippen LogP contribution in [0.15, 0.2) is 0 Å². The Balaban J connectivity index is 0. The Labute approximate surface area is 145 Å². The van der Waals surface area contributed by atoms with Crippen molar-refractivity contribution in [1.29, 1.82) is 0 Å². The van der Waals surface area contributed by atoms with Crippen LogP contribution in [0.2, 0.25) is 0 Å². The van der Waals surface area contributed by atoms with Crippen molar-refractivity contribution < 1.29 is 9.90 Å². The second-order valence-electron chi connectivity index (χ2n) is 7.83. The van der Waals surface area contributed by atoms with Crippen LogP contribution in [-0.2, 0) is 4.79 Å². The SMILES string of the molecule is CCC(C)C(C)(C)CCO.CCCC(CC)NC(=O)CC(C)C. The lowest BCUT2D eigenvalue weighted by Gasteiger charge is -2.30. The fraction of sp³-hybridized carbons (Fsp3) is 0.950. The molecule has 0 aromatic carbocycles. The molecule has 3 nitrogen and oxygen atoms in total. The highest BCUT2D eigenvalue weighted by atomic mass is 16.3. The van der Waals surface area contributed by atoms with Crippen molar-refractivity contribution in [2.75, 3.05) is 6.61 Å². The molecule has 3 heteroatoms. The first-order valence-electron chi connectivity index (χ1n) is 9.54. The molecule has 2 N–H and O–H groups in total. The fourth-order valence-corrected chi connectivity index (χ4v) is 2.47. The van der Waals surface area contributed by atoms with E-state index < -0.39 is 0 Å².